The number of furan rings is 1. The number of ether oxygens (including phenoxy) is 1. The number of aliphatic hydroxyl groups excluding tert-OH is 1. The summed E-state index contributed by atoms with van der Waals surface area (Å²) in [5.41, 5.74) is 0.396. The molecule has 6 heteroatoms. The molecule has 1 heterocycles. The fraction of sp³-hybridized carbons (Fsp3) is 0.500. The number of halogens is 3. The van der Waals surface area contributed by atoms with Crippen molar-refractivity contribution in [2.75, 3.05) is 13.2 Å². The first-order chi connectivity index (χ1) is 6.49. The van der Waals surface area contributed by atoms with Crippen molar-refractivity contribution in [3.05, 3.63) is 24.2 Å². The van der Waals surface area contributed by atoms with Gasteiger partial charge < -0.3 is 14.3 Å². The zero-order valence-corrected chi connectivity index (χ0v) is 7.12. The normalized spacial score (nSPS) is 14.3. The van der Waals surface area contributed by atoms with E-state index < -0.39 is 25.5 Å². The Kier molecular flexibility index (Phi) is 3.54. The van der Waals surface area contributed by atoms with E-state index >= 15 is 0 Å². The van der Waals surface area contributed by atoms with E-state index in [-0.39, 0.29) is 0 Å². The first-order valence-electron chi connectivity index (χ1n) is 3.84. The van der Waals surface area contributed by atoms with E-state index in [0.29, 0.717) is 5.56 Å². The van der Waals surface area contributed by atoms with E-state index in [4.69, 9.17) is 0 Å². The zero-order valence-electron chi connectivity index (χ0n) is 7.12. The van der Waals surface area contributed by atoms with E-state index in [1.54, 1.807) is 0 Å². The number of rotatable bonds is 4. The van der Waals surface area contributed by atoms with Crippen molar-refractivity contribution in [1.29, 1.82) is 0 Å². The van der Waals surface area contributed by atoms with Crippen molar-refractivity contribution in [3.63, 3.8) is 0 Å². The summed E-state index contributed by atoms with van der Waals surface area (Å²) in [5.74, 6) is 0. The summed E-state index contributed by atoms with van der Waals surface area (Å²) in [7, 11) is 0. The predicted octanol–water partition coefficient (Wildman–Crippen LogP) is 1.89. The average molecular weight is 210 g/mol. The van der Waals surface area contributed by atoms with E-state index in [0.717, 1.165) is 0 Å². The molecular weight excluding hydrogens is 201 g/mol. The molecule has 1 aromatic heterocycles. The third-order valence-corrected chi connectivity index (χ3v) is 1.47. The Bertz CT molecular complexity index is 255. The standard InChI is InChI=1S/C8H9F3O3/c9-8(10,11)5-14-4-7(12)6-1-2-13-3-6/h1-3,7,12H,4-5H2. The fourth-order valence-electron chi connectivity index (χ4n) is 0.847. The van der Waals surface area contributed by atoms with Crippen molar-refractivity contribution >= 4 is 0 Å². The van der Waals surface area contributed by atoms with Crippen molar-refractivity contribution in [3.8, 4) is 0 Å². The maximum absolute atomic E-state index is 11.6. The van der Waals surface area contributed by atoms with Crippen LogP contribution in [-0.4, -0.2) is 24.5 Å². The minimum Gasteiger partial charge on any atom is -0.472 e. The maximum Gasteiger partial charge on any atom is 0.411 e. The lowest BCUT2D eigenvalue weighted by Crippen LogP contribution is -2.19. The van der Waals surface area contributed by atoms with Gasteiger partial charge in [0.15, 0.2) is 0 Å². The molecule has 1 atom stereocenters. The Morgan fingerprint density at radius 3 is 2.71 bits per heavy atom. The lowest BCUT2D eigenvalue weighted by molar-refractivity contribution is -0.179. The van der Waals surface area contributed by atoms with Gasteiger partial charge in [0.25, 0.3) is 0 Å². The first-order valence-corrected chi connectivity index (χ1v) is 3.84. The average Bonchev–Trinajstić information content (AvgIpc) is 2.53. The Hall–Kier alpha value is -1.01. The van der Waals surface area contributed by atoms with Crippen LogP contribution in [-0.2, 0) is 4.74 Å². The molecule has 0 aromatic carbocycles. The Balaban J connectivity index is 2.26. The lowest BCUT2D eigenvalue weighted by Gasteiger charge is -2.10. The van der Waals surface area contributed by atoms with Gasteiger partial charge in [0, 0.05) is 5.56 Å². The molecule has 80 valence electrons. The monoisotopic (exact) mass is 210 g/mol. The molecule has 0 aliphatic carbocycles. The Labute approximate surface area is 78.1 Å². The lowest BCUT2D eigenvalue weighted by atomic mass is 10.2. The Morgan fingerprint density at radius 1 is 1.50 bits per heavy atom. The molecule has 3 nitrogen and oxygen atoms in total. The van der Waals surface area contributed by atoms with Gasteiger partial charge in [0.2, 0.25) is 0 Å². The van der Waals surface area contributed by atoms with Gasteiger partial charge in [-0.05, 0) is 6.07 Å². The quantitative estimate of drug-likeness (QED) is 0.825. The highest BCUT2D eigenvalue weighted by Crippen LogP contribution is 2.17. The minimum atomic E-state index is -4.36. The summed E-state index contributed by atoms with van der Waals surface area (Å²) in [6, 6.07) is 1.46. The summed E-state index contributed by atoms with van der Waals surface area (Å²) in [6.45, 7) is -1.76. The SMILES string of the molecule is OC(COCC(F)(F)F)c1ccoc1. The molecule has 0 amide bonds. The van der Waals surface area contributed by atoms with Crippen molar-refractivity contribution < 1.29 is 27.4 Å². The van der Waals surface area contributed by atoms with Crippen LogP contribution in [0.2, 0.25) is 0 Å². The van der Waals surface area contributed by atoms with Crippen LogP contribution in [0.1, 0.15) is 11.7 Å². The second kappa shape index (κ2) is 4.47. The summed E-state index contributed by atoms with van der Waals surface area (Å²) in [4.78, 5) is 0. The van der Waals surface area contributed by atoms with Crippen LogP contribution < -0.4 is 0 Å². The van der Waals surface area contributed by atoms with Crippen LogP contribution in [0, 0.1) is 0 Å². The van der Waals surface area contributed by atoms with Crippen LogP contribution >= 0.6 is 0 Å². The molecule has 0 saturated heterocycles. The second-order valence-electron chi connectivity index (χ2n) is 2.70. The van der Waals surface area contributed by atoms with Crippen LogP contribution in [0.15, 0.2) is 23.0 Å². The molecule has 1 rings (SSSR count). The molecule has 14 heavy (non-hydrogen) atoms. The number of hydrogen-bond donors (Lipinski definition) is 1. The van der Waals surface area contributed by atoms with E-state index in [9.17, 15) is 18.3 Å². The summed E-state index contributed by atoms with van der Waals surface area (Å²) < 4.78 is 43.8. The highest BCUT2D eigenvalue weighted by Gasteiger charge is 2.27. The molecule has 1 unspecified atom stereocenters. The van der Waals surface area contributed by atoms with E-state index in [1.165, 1.54) is 18.6 Å². The predicted molar refractivity (Wildman–Crippen MR) is 40.5 cm³/mol. The number of aliphatic hydroxyl groups is 1. The van der Waals surface area contributed by atoms with Gasteiger partial charge >= 0.3 is 6.18 Å². The van der Waals surface area contributed by atoms with Crippen LogP contribution in [0.5, 0.6) is 0 Å². The summed E-state index contributed by atoms with van der Waals surface area (Å²) in [6.07, 6.45) is -2.88. The minimum absolute atomic E-state index is 0.396. The zero-order chi connectivity index (χ0) is 10.6. The summed E-state index contributed by atoms with van der Waals surface area (Å²) >= 11 is 0. The van der Waals surface area contributed by atoms with Gasteiger partial charge in [-0.25, -0.2) is 0 Å². The topological polar surface area (TPSA) is 42.6 Å². The van der Waals surface area contributed by atoms with Gasteiger partial charge in [0.1, 0.15) is 12.7 Å². The molecule has 1 N–H and O–H groups in total. The smallest absolute Gasteiger partial charge is 0.411 e. The second-order valence-corrected chi connectivity index (χ2v) is 2.70. The maximum atomic E-state index is 11.6. The van der Waals surface area contributed by atoms with Crippen molar-refractivity contribution in [2.24, 2.45) is 0 Å². The van der Waals surface area contributed by atoms with Gasteiger partial charge in [0.05, 0.1) is 19.1 Å². The number of alkyl halides is 3. The molecule has 0 fully saturated rings. The fourth-order valence-corrected chi connectivity index (χ4v) is 0.847. The van der Waals surface area contributed by atoms with Gasteiger partial charge in [-0.1, -0.05) is 0 Å². The Morgan fingerprint density at radius 2 is 2.21 bits per heavy atom. The molecule has 0 saturated carbocycles. The van der Waals surface area contributed by atoms with Gasteiger partial charge in [-0.2, -0.15) is 13.2 Å². The third-order valence-electron chi connectivity index (χ3n) is 1.47. The molecule has 1 aromatic rings. The number of hydrogen-bond acceptors (Lipinski definition) is 3. The van der Waals surface area contributed by atoms with E-state index in [2.05, 4.69) is 9.15 Å². The summed E-state index contributed by atoms with van der Waals surface area (Å²) in [5, 5.41) is 9.25. The van der Waals surface area contributed by atoms with Crippen molar-refractivity contribution in [1.82, 2.24) is 0 Å². The van der Waals surface area contributed by atoms with Crippen LogP contribution in [0.3, 0.4) is 0 Å². The first kappa shape index (κ1) is 11.1. The molecular formula is C8H9F3O3. The molecule has 0 spiro atoms. The molecule has 0 bridgehead atoms. The highest BCUT2D eigenvalue weighted by molar-refractivity contribution is 5.08. The third kappa shape index (κ3) is 3.80. The van der Waals surface area contributed by atoms with Gasteiger partial charge in [-0.15, -0.1) is 0 Å². The molecule has 0 aliphatic heterocycles. The van der Waals surface area contributed by atoms with Gasteiger partial charge in [-0.3, -0.25) is 0 Å². The van der Waals surface area contributed by atoms with Crippen molar-refractivity contribution in [2.45, 2.75) is 12.3 Å². The molecule has 0 radical (unpaired) electrons. The van der Waals surface area contributed by atoms with Crippen LogP contribution in [0.4, 0.5) is 13.2 Å². The largest absolute Gasteiger partial charge is 0.472 e. The molecule has 0 aliphatic rings. The van der Waals surface area contributed by atoms with E-state index in [1.807, 2.05) is 0 Å². The van der Waals surface area contributed by atoms with Crippen LogP contribution in [0.25, 0.3) is 0 Å². The highest BCUT2D eigenvalue weighted by atomic mass is 19.4.